The molecule has 0 spiro atoms. The van der Waals surface area contributed by atoms with Crippen LogP contribution in [0.1, 0.15) is 57.1 Å². The van der Waals surface area contributed by atoms with Crippen LogP contribution in [0.15, 0.2) is 54.4 Å². The molecule has 3 heteroatoms. The summed E-state index contributed by atoms with van der Waals surface area (Å²) in [7, 11) is 0. The van der Waals surface area contributed by atoms with E-state index in [1.165, 1.54) is 24.8 Å². The second-order valence-corrected chi connectivity index (χ2v) is 6.20. The van der Waals surface area contributed by atoms with Crippen LogP contribution in [0.25, 0.3) is 5.83 Å². The third kappa shape index (κ3) is 6.00. The highest BCUT2D eigenvalue weighted by Crippen LogP contribution is 2.28. The molecule has 0 bridgehead atoms. The molecule has 0 saturated heterocycles. The Morgan fingerprint density at radius 1 is 0.800 bits per heavy atom. The minimum atomic E-state index is -0.787. The van der Waals surface area contributed by atoms with E-state index >= 15 is 0 Å². The van der Waals surface area contributed by atoms with Crippen LogP contribution in [0.2, 0.25) is 0 Å². The number of unbranched alkanes of at least 4 members (excludes halogenated alkanes) is 2. The standard InChI is InChI=1S/C22H26F2O/c1-3-5-6-8-17-9-13-19(14-10-17)25-20-15-11-18(12-16-20)22(24)21(23)7-4-2/h9-16H,3-8H2,1-2H3. The molecule has 0 saturated carbocycles. The molecular formula is C22H26F2O. The zero-order chi connectivity index (χ0) is 18.1. The predicted molar refractivity (Wildman–Crippen MR) is 100 cm³/mol. The van der Waals surface area contributed by atoms with E-state index in [0.717, 1.165) is 12.2 Å². The van der Waals surface area contributed by atoms with Gasteiger partial charge in [-0.3, -0.25) is 0 Å². The summed E-state index contributed by atoms with van der Waals surface area (Å²) in [6.07, 6.45) is 5.44. The quantitative estimate of drug-likeness (QED) is 0.425. The van der Waals surface area contributed by atoms with Gasteiger partial charge in [-0.2, -0.15) is 0 Å². The Labute approximate surface area is 149 Å². The third-order valence-electron chi connectivity index (χ3n) is 4.04. The van der Waals surface area contributed by atoms with Crippen molar-refractivity contribution in [1.29, 1.82) is 0 Å². The van der Waals surface area contributed by atoms with Gasteiger partial charge in [0.1, 0.15) is 17.3 Å². The number of benzene rings is 2. The first kappa shape index (κ1) is 19.2. The second kappa shape index (κ2) is 9.97. The van der Waals surface area contributed by atoms with Crippen LogP contribution in [0.5, 0.6) is 11.5 Å². The molecule has 1 nitrogen and oxygen atoms in total. The average molecular weight is 344 g/mol. The third-order valence-corrected chi connectivity index (χ3v) is 4.04. The molecule has 2 aromatic rings. The monoisotopic (exact) mass is 344 g/mol. The lowest BCUT2D eigenvalue weighted by Crippen LogP contribution is -1.88. The van der Waals surface area contributed by atoms with E-state index < -0.39 is 11.7 Å². The Morgan fingerprint density at radius 2 is 1.40 bits per heavy atom. The Kier molecular flexibility index (Phi) is 7.65. The molecule has 0 aliphatic carbocycles. The topological polar surface area (TPSA) is 9.23 Å². The van der Waals surface area contributed by atoms with Crippen molar-refractivity contribution in [1.82, 2.24) is 0 Å². The van der Waals surface area contributed by atoms with Gasteiger partial charge in [-0.1, -0.05) is 38.8 Å². The van der Waals surface area contributed by atoms with Crippen molar-refractivity contribution in [2.45, 2.75) is 52.4 Å². The number of allylic oxidation sites excluding steroid dienone is 1. The van der Waals surface area contributed by atoms with Gasteiger partial charge < -0.3 is 4.74 Å². The minimum Gasteiger partial charge on any atom is -0.457 e. The van der Waals surface area contributed by atoms with Gasteiger partial charge in [-0.05, 0) is 61.2 Å². The lowest BCUT2D eigenvalue weighted by Gasteiger charge is -2.08. The molecule has 0 N–H and O–H groups in total. The maximum absolute atomic E-state index is 13.9. The van der Waals surface area contributed by atoms with Gasteiger partial charge in [0.05, 0.1) is 0 Å². The molecule has 0 atom stereocenters. The first-order valence-corrected chi connectivity index (χ1v) is 9.05. The minimum absolute atomic E-state index is 0.120. The fraction of sp³-hybridized carbons (Fsp3) is 0.364. The smallest absolute Gasteiger partial charge is 0.161 e. The molecule has 0 aliphatic heterocycles. The van der Waals surface area contributed by atoms with Crippen molar-refractivity contribution in [3.05, 3.63) is 65.5 Å². The highest BCUT2D eigenvalue weighted by molar-refractivity contribution is 5.61. The van der Waals surface area contributed by atoms with Gasteiger partial charge in [0.2, 0.25) is 0 Å². The van der Waals surface area contributed by atoms with Crippen LogP contribution in [0.4, 0.5) is 8.78 Å². The lowest BCUT2D eigenvalue weighted by molar-refractivity contribution is 0.482. The Hall–Kier alpha value is -2.16. The maximum atomic E-state index is 13.9. The number of hydrogen-bond acceptors (Lipinski definition) is 1. The molecule has 134 valence electrons. The molecular weight excluding hydrogens is 318 g/mol. The van der Waals surface area contributed by atoms with Crippen molar-refractivity contribution in [3.8, 4) is 11.5 Å². The van der Waals surface area contributed by atoms with Crippen LogP contribution in [0.3, 0.4) is 0 Å². The van der Waals surface area contributed by atoms with Gasteiger partial charge in [-0.25, -0.2) is 8.78 Å². The summed E-state index contributed by atoms with van der Waals surface area (Å²) < 4.78 is 33.2. The molecule has 2 aromatic carbocycles. The van der Waals surface area contributed by atoms with Crippen molar-refractivity contribution >= 4 is 5.83 Å². The molecule has 0 amide bonds. The first-order valence-electron chi connectivity index (χ1n) is 9.05. The normalized spacial score (nSPS) is 12.0. The van der Waals surface area contributed by atoms with Crippen LogP contribution in [-0.2, 0) is 6.42 Å². The number of rotatable bonds is 9. The number of halogens is 2. The summed E-state index contributed by atoms with van der Waals surface area (Å²) in [5, 5.41) is 0. The van der Waals surface area contributed by atoms with E-state index in [0.29, 0.717) is 12.2 Å². The Morgan fingerprint density at radius 3 is 1.96 bits per heavy atom. The lowest BCUT2D eigenvalue weighted by atomic mass is 10.1. The maximum Gasteiger partial charge on any atom is 0.161 e. The SMILES string of the molecule is CCCCCc1ccc(Oc2ccc(C(F)=C(F)CCC)cc2)cc1. The van der Waals surface area contributed by atoms with E-state index in [-0.39, 0.29) is 12.0 Å². The van der Waals surface area contributed by atoms with E-state index in [1.54, 1.807) is 24.3 Å². The van der Waals surface area contributed by atoms with Crippen LogP contribution in [-0.4, -0.2) is 0 Å². The number of hydrogen-bond donors (Lipinski definition) is 0. The fourth-order valence-corrected chi connectivity index (χ4v) is 2.59. The summed E-state index contributed by atoms with van der Waals surface area (Å²) >= 11 is 0. The van der Waals surface area contributed by atoms with Crippen LogP contribution >= 0.6 is 0 Å². The molecule has 0 heterocycles. The van der Waals surface area contributed by atoms with Crippen molar-refractivity contribution < 1.29 is 13.5 Å². The van der Waals surface area contributed by atoms with E-state index in [1.807, 2.05) is 19.1 Å². The molecule has 0 radical (unpaired) electrons. The van der Waals surface area contributed by atoms with E-state index in [9.17, 15) is 8.78 Å². The molecule has 0 unspecified atom stereocenters. The van der Waals surface area contributed by atoms with Crippen molar-refractivity contribution in [3.63, 3.8) is 0 Å². The van der Waals surface area contributed by atoms with E-state index in [4.69, 9.17) is 4.74 Å². The average Bonchev–Trinajstić information content (AvgIpc) is 2.63. The van der Waals surface area contributed by atoms with Gasteiger partial charge in [0.15, 0.2) is 5.83 Å². The zero-order valence-electron chi connectivity index (χ0n) is 15.0. The second-order valence-electron chi connectivity index (χ2n) is 6.20. The Balaban J connectivity index is 1.98. The zero-order valence-corrected chi connectivity index (χ0v) is 15.0. The van der Waals surface area contributed by atoms with Gasteiger partial charge in [0.25, 0.3) is 0 Å². The molecule has 25 heavy (non-hydrogen) atoms. The number of aryl methyl sites for hydroxylation is 1. The molecule has 2 rings (SSSR count). The largest absolute Gasteiger partial charge is 0.457 e. The van der Waals surface area contributed by atoms with Crippen LogP contribution < -0.4 is 4.74 Å². The molecule has 0 aliphatic rings. The summed E-state index contributed by atoms with van der Waals surface area (Å²) in [6.45, 7) is 4.01. The first-order chi connectivity index (χ1) is 12.1. The number of ether oxygens (including phenoxy) is 1. The van der Waals surface area contributed by atoms with Gasteiger partial charge in [0, 0.05) is 12.0 Å². The summed E-state index contributed by atoms with van der Waals surface area (Å²) in [6, 6.07) is 14.4. The van der Waals surface area contributed by atoms with E-state index in [2.05, 4.69) is 19.1 Å². The molecule has 0 aromatic heterocycles. The predicted octanol–water partition coefficient (Wildman–Crippen LogP) is 7.62. The summed E-state index contributed by atoms with van der Waals surface area (Å²) in [4.78, 5) is 0. The fourth-order valence-electron chi connectivity index (χ4n) is 2.59. The highest BCUT2D eigenvalue weighted by Gasteiger charge is 2.08. The summed E-state index contributed by atoms with van der Waals surface area (Å²) in [5.74, 6) is -0.147. The van der Waals surface area contributed by atoms with Crippen LogP contribution in [0, 0.1) is 0 Å². The molecule has 0 fully saturated rings. The summed E-state index contributed by atoms with van der Waals surface area (Å²) in [5.41, 5.74) is 1.54. The Bertz CT molecular complexity index is 672. The van der Waals surface area contributed by atoms with Gasteiger partial charge in [-0.15, -0.1) is 0 Å². The van der Waals surface area contributed by atoms with Crippen molar-refractivity contribution in [2.75, 3.05) is 0 Å². The highest BCUT2D eigenvalue weighted by atomic mass is 19.2. The van der Waals surface area contributed by atoms with Gasteiger partial charge >= 0.3 is 0 Å². The van der Waals surface area contributed by atoms with Crippen molar-refractivity contribution in [2.24, 2.45) is 0 Å².